The highest BCUT2D eigenvalue weighted by atomic mass is 15.1. The molecule has 58 valence electrons. The largest absolute Gasteiger partial charge is 0.225 e. The van der Waals surface area contributed by atoms with Crippen LogP contribution in [0, 0.1) is 12.5 Å². The van der Waals surface area contributed by atoms with Gasteiger partial charge in [-0.15, -0.1) is 5.10 Å². The predicted octanol–water partition coefficient (Wildman–Crippen LogP) is -0.0514. The topological polar surface area (TPSA) is 64.5 Å². The van der Waals surface area contributed by atoms with Crippen molar-refractivity contribution in [3.63, 3.8) is 0 Å². The molecule has 0 aliphatic rings. The molecule has 2 rings (SSSR count). The molecule has 0 saturated carbocycles. The highest BCUT2D eigenvalue weighted by Gasteiger charge is 1.62. The maximum absolute atomic E-state index is 3.53. The minimum atomic E-state index is 1.38. The summed E-state index contributed by atoms with van der Waals surface area (Å²) in [6.07, 6.45) is 9.23. The molecule has 0 spiro atoms. The van der Waals surface area contributed by atoms with Crippen molar-refractivity contribution in [1.82, 2.24) is 25.1 Å². The highest BCUT2D eigenvalue weighted by Crippen LogP contribution is 1.66. The minimum absolute atomic E-state index is 1.38. The molecule has 0 aliphatic heterocycles. The van der Waals surface area contributed by atoms with Crippen LogP contribution in [0.15, 0.2) is 31.0 Å². The van der Waals surface area contributed by atoms with Crippen LogP contribution in [0.4, 0.5) is 0 Å². The van der Waals surface area contributed by atoms with E-state index >= 15 is 0 Å². The van der Waals surface area contributed by atoms with Gasteiger partial charge in [0.2, 0.25) is 6.33 Å². The highest BCUT2D eigenvalue weighted by molar-refractivity contribution is 4.78. The van der Waals surface area contributed by atoms with Gasteiger partial charge in [-0.05, 0) is 12.1 Å². The number of aromatic nitrogens is 5. The summed E-state index contributed by atoms with van der Waals surface area (Å²) in [4.78, 5) is 10.4. The van der Waals surface area contributed by atoms with Gasteiger partial charge in [0.05, 0.1) is 0 Å². The fourth-order valence-corrected chi connectivity index (χ4v) is 0.406. The van der Waals surface area contributed by atoms with Crippen LogP contribution < -0.4 is 0 Å². The zero-order chi connectivity index (χ0) is 8.49. The molecule has 0 aliphatic carbocycles. The zero-order valence-electron chi connectivity index (χ0n) is 6.12. The first-order chi connectivity index (χ1) is 6.00. The molecule has 2 heterocycles. The van der Waals surface area contributed by atoms with E-state index in [-0.39, 0.29) is 0 Å². The molecule has 0 atom stereocenters. The SMILES string of the molecule is [c]1cccnn1.[c]1ncncn1. The van der Waals surface area contributed by atoms with E-state index in [9.17, 15) is 0 Å². The Morgan fingerprint density at radius 3 is 2.08 bits per heavy atom. The number of nitrogens with zero attached hydrogens (tertiary/aromatic N) is 5. The Labute approximate surface area is 69.6 Å². The molecule has 0 N–H and O–H groups in total. The van der Waals surface area contributed by atoms with Crippen LogP contribution in [0.3, 0.4) is 0 Å². The van der Waals surface area contributed by atoms with Crippen molar-refractivity contribution < 1.29 is 0 Å². The molecule has 2 radical (unpaired) electrons. The van der Waals surface area contributed by atoms with Crippen molar-refractivity contribution in [3.8, 4) is 0 Å². The van der Waals surface area contributed by atoms with Crippen LogP contribution >= 0.6 is 0 Å². The predicted molar refractivity (Wildman–Crippen MR) is 39.5 cm³/mol. The molecule has 2 aromatic rings. The van der Waals surface area contributed by atoms with Crippen molar-refractivity contribution in [3.05, 3.63) is 43.5 Å². The van der Waals surface area contributed by atoms with E-state index in [1.807, 2.05) is 0 Å². The third kappa shape index (κ3) is 3.99. The lowest BCUT2D eigenvalue weighted by Crippen LogP contribution is -1.74. The second-order valence-electron chi connectivity index (χ2n) is 1.59. The Hall–Kier alpha value is -1.91. The molecule has 0 fully saturated rings. The van der Waals surface area contributed by atoms with E-state index in [0.29, 0.717) is 0 Å². The van der Waals surface area contributed by atoms with Crippen molar-refractivity contribution in [2.75, 3.05) is 0 Å². The standard InChI is InChI=1S/C4H3N2.C3H2N3/c1-2-4-6-5-3-1;1-4-2-6-3-5-1/h1-3H;1-2H. The second-order valence-corrected chi connectivity index (χ2v) is 1.59. The Morgan fingerprint density at radius 1 is 1.08 bits per heavy atom. The maximum atomic E-state index is 3.53. The summed E-state index contributed by atoms with van der Waals surface area (Å²) < 4.78 is 0. The molecule has 0 amide bonds. The van der Waals surface area contributed by atoms with Crippen LogP contribution in [0.25, 0.3) is 0 Å². The molecular formula is C7H5N5. The van der Waals surface area contributed by atoms with Crippen molar-refractivity contribution >= 4 is 0 Å². The van der Waals surface area contributed by atoms with E-state index in [1.165, 1.54) is 12.7 Å². The average molecular weight is 159 g/mol. The summed E-state index contributed by atoms with van der Waals surface area (Å²) >= 11 is 0. The van der Waals surface area contributed by atoms with E-state index < -0.39 is 0 Å². The first kappa shape index (κ1) is 8.19. The first-order valence-corrected chi connectivity index (χ1v) is 3.12. The van der Waals surface area contributed by atoms with E-state index in [4.69, 9.17) is 0 Å². The number of hydrogen-bond donors (Lipinski definition) is 0. The molecule has 0 unspecified atom stereocenters. The third-order valence-corrected chi connectivity index (χ3v) is 0.803. The van der Waals surface area contributed by atoms with Gasteiger partial charge in [-0.2, -0.15) is 5.10 Å². The maximum Gasteiger partial charge on any atom is 0.200 e. The van der Waals surface area contributed by atoms with Crippen LogP contribution in [0.5, 0.6) is 0 Å². The lowest BCUT2D eigenvalue weighted by Gasteiger charge is -1.68. The fraction of sp³-hybridized carbons (Fsp3) is 0. The quantitative estimate of drug-likeness (QED) is 0.539. The Bertz CT molecular complexity index is 187. The van der Waals surface area contributed by atoms with E-state index in [0.717, 1.165) is 0 Å². The van der Waals surface area contributed by atoms with Gasteiger partial charge in [-0.1, -0.05) is 0 Å². The van der Waals surface area contributed by atoms with Gasteiger partial charge in [0.25, 0.3) is 0 Å². The molecule has 5 heteroatoms. The smallest absolute Gasteiger partial charge is 0.200 e. The minimum Gasteiger partial charge on any atom is -0.225 e. The number of hydrogen-bond acceptors (Lipinski definition) is 5. The second kappa shape index (κ2) is 5.84. The summed E-state index contributed by atoms with van der Waals surface area (Å²) in [6.45, 7) is 0. The average Bonchev–Trinajstić information content (AvgIpc) is 2.24. The van der Waals surface area contributed by atoms with Crippen LogP contribution in [0.2, 0.25) is 0 Å². The molecule has 0 saturated heterocycles. The monoisotopic (exact) mass is 159 g/mol. The van der Waals surface area contributed by atoms with Gasteiger partial charge in [-0.25, -0.2) is 15.0 Å². The van der Waals surface area contributed by atoms with Crippen molar-refractivity contribution in [2.24, 2.45) is 0 Å². The fourth-order valence-electron chi connectivity index (χ4n) is 0.406. The Morgan fingerprint density at radius 2 is 1.92 bits per heavy atom. The summed E-state index contributed by atoms with van der Waals surface area (Å²) in [6, 6.07) is 3.47. The zero-order valence-corrected chi connectivity index (χ0v) is 6.12. The van der Waals surface area contributed by atoms with Gasteiger partial charge in [-0.3, -0.25) is 0 Å². The number of rotatable bonds is 0. The van der Waals surface area contributed by atoms with Crippen LogP contribution in [-0.2, 0) is 0 Å². The Balaban J connectivity index is 0.000000120. The lowest BCUT2D eigenvalue weighted by atomic mass is 10.6. The van der Waals surface area contributed by atoms with Gasteiger partial charge in [0.1, 0.15) is 18.9 Å². The first-order valence-electron chi connectivity index (χ1n) is 3.12. The summed E-state index contributed by atoms with van der Waals surface area (Å²) in [5.41, 5.74) is 0. The summed E-state index contributed by atoms with van der Waals surface area (Å²) in [5.74, 6) is 0. The van der Waals surface area contributed by atoms with E-state index in [1.54, 1.807) is 18.3 Å². The van der Waals surface area contributed by atoms with Crippen molar-refractivity contribution in [2.45, 2.75) is 0 Å². The van der Waals surface area contributed by atoms with Crippen LogP contribution in [-0.4, -0.2) is 25.1 Å². The van der Waals surface area contributed by atoms with Gasteiger partial charge < -0.3 is 0 Å². The van der Waals surface area contributed by atoms with E-state index in [2.05, 4.69) is 37.7 Å². The van der Waals surface area contributed by atoms with Crippen molar-refractivity contribution in [1.29, 1.82) is 0 Å². The van der Waals surface area contributed by atoms with Gasteiger partial charge in [0.15, 0.2) is 0 Å². The van der Waals surface area contributed by atoms with Crippen LogP contribution in [0.1, 0.15) is 0 Å². The third-order valence-electron chi connectivity index (χ3n) is 0.803. The molecule has 0 bridgehead atoms. The molecule has 2 aromatic heterocycles. The molecule has 12 heavy (non-hydrogen) atoms. The van der Waals surface area contributed by atoms with Gasteiger partial charge >= 0.3 is 0 Å². The summed E-state index contributed by atoms with van der Waals surface area (Å²) in [7, 11) is 0. The lowest BCUT2D eigenvalue weighted by molar-refractivity contribution is 1.02. The molecular weight excluding hydrogens is 154 g/mol. The summed E-state index contributed by atoms with van der Waals surface area (Å²) in [5, 5.41) is 6.89. The Kier molecular flexibility index (Phi) is 3.99. The van der Waals surface area contributed by atoms with Gasteiger partial charge in [0, 0.05) is 6.20 Å². The molecule has 0 aromatic carbocycles. The molecule has 5 nitrogen and oxygen atoms in total. The normalized spacial score (nSPS) is 8.00.